The minimum absolute atomic E-state index is 0.390. The lowest BCUT2D eigenvalue weighted by molar-refractivity contribution is -0.131. The summed E-state index contributed by atoms with van der Waals surface area (Å²) in [5.41, 5.74) is 1.30. The zero-order valence-corrected chi connectivity index (χ0v) is 11.6. The highest BCUT2D eigenvalue weighted by molar-refractivity contribution is 5.92. The number of carbonyl (C=O) groups excluding carboxylic acids is 1. The second kappa shape index (κ2) is 5.69. The molecule has 0 bridgehead atoms. The summed E-state index contributed by atoms with van der Waals surface area (Å²) in [5.74, 6) is -1.38. The van der Waals surface area contributed by atoms with Crippen LogP contribution in [0.2, 0.25) is 0 Å². The fourth-order valence-electron chi connectivity index (χ4n) is 1.47. The predicted molar refractivity (Wildman–Crippen MR) is 72.9 cm³/mol. The lowest BCUT2D eigenvalue weighted by Crippen LogP contribution is -2.23. The van der Waals surface area contributed by atoms with Gasteiger partial charge in [0.1, 0.15) is 5.60 Å². The van der Waals surface area contributed by atoms with Crippen molar-refractivity contribution in [1.82, 2.24) is 0 Å². The first-order valence-electron chi connectivity index (χ1n) is 5.94. The van der Waals surface area contributed by atoms with Crippen LogP contribution in [0.5, 0.6) is 0 Å². The number of carbonyl (C=O) groups is 2. The van der Waals surface area contributed by atoms with E-state index in [1.165, 1.54) is 0 Å². The van der Waals surface area contributed by atoms with Crippen LogP contribution in [0.4, 0.5) is 0 Å². The molecule has 0 unspecified atom stereocenters. The van der Waals surface area contributed by atoms with Crippen LogP contribution in [0.1, 0.15) is 43.6 Å². The highest BCUT2D eigenvalue weighted by atomic mass is 16.6. The molecule has 0 saturated carbocycles. The standard InChI is InChI=1S/C15H18O4/c1-10(9-13(16)17)11-5-7-12(8-6-11)14(18)19-15(2,3)4/h5-9H,1-4H3,(H,16,17). The number of benzene rings is 1. The highest BCUT2D eigenvalue weighted by Gasteiger charge is 2.17. The topological polar surface area (TPSA) is 63.6 Å². The number of ether oxygens (including phenoxy) is 1. The largest absolute Gasteiger partial charge is 0.478 e. The molecule has 0 saturated heterocycles. The molecule has 4 heteroatoms. The normalized spacial score (nSPS) is 12.1. The Morgan fingerprint density at radius 1 is 1.11 bits per heavy atom. The van der Waals surface area contributed by atoms with Crippen molar-refractivity contribution in [1.29, 1.82) is 0 Å². The van der Waals surface area contributed by atoms with E-state index in [4.69, 9.17) is 9.84 Å². The Balaban J connectivity index is 2.88. The molecular weight excluding hydrogens is 244 g/mol. The smallest absolute Gasteiger partial charge is 0.338 e. The second-order valence-corrected chi connectivity index (χ2v) is 5.24. The molecule has 0 fully saturated rings. The van der Waals surface area contributed by atoms with Crippen molar-refractivity contribution in [3.8, 4) is 0 Å². The molecule has 1 aromatic rings. The molecule has 19 heavy (non-hydrogen) atoms. The monoisotopic (exact) mass is 262 g/mol. The molecule has 1 rings (SSSR count). The Kier molecular flexibility index (Phi) is 4.48. The van der Waals surface area contributed by atoms with Gasteiger partial charge in [-0.25, -0.2) is 9.59 Å². The van der Waals surface area contributed by atoms with Gasteiger partial charge >= 0.3 is 11.9 Å². The van der Waals surface area contributed by atoms with E-state index in [-0.39, 0.29) is 5.97 Å². The summed E-state index contributed by atoms with van der Waals surface area (Å²) in [6.07, 6.45) is 1.13. The number of carboxylic acid groups (broad SMARTS) is 1. The van der Waals surface area contributed by atoms with Gasteiger partial charge in [0.2, 0.25) is 0 Å². The lowest BCUT2D eigenvalue weighted by Gasteiger charge is -2.19. The first kappa shape index (κ1) is 15.0. The Morgan fingerprint density at radius 3 is 2.00 bits per heavy atom. The summed E-state index contributed by atoms with van der Waals surface area (Å²) in [6.45, 7) is 7.12. The van der Waals surface area contributed by atoms with Gasteiger partial charge in [0.05, 0.1) is 5.56 Å². The van der Waals surface area contributed by atoms with E-state index in [1.807, 2.05) is 0 Å². The number of allylic oxidation sites excluding steroid dienone is 1. The fourth-order valence-corrected chi connectivity index (χ4v) is 1.47. The van der Waals surface area contributed by atoms with Gasteiger partial charge in [-0.05, 0) is 51.0 Å². The van der Waals surface area contributed by atoms with Crippen LogP contribution in [0.3, 0.4) is 0 Å². The maximum absolute atomic E-state index is 11.8. The minimum atomic E-state index is -0.992. The van der Waals surface area contributed by atoms with Gasteiger partial charge in [-0.15, -0.1) is 0 Å². The summed E-state index contributed by atoms with van der Waals surface area (Å²) >= 11 is 0. The zero-order valence-electron chi connectivity index (χ0n) is 11.6. The third-order valence-electron chi connectivity index (χ3n) is 2.31. The molecule has 0 atom stereocenters. The number of hydrogen-bond donors (Lipinski definition) is 1. The molecule has 0 aromatic heterocycles. The number of hydrogen-bond acceptors (Lipinski definition) is 3. The van der Waals surface area contributed by atoms with Crippen molar-refractivity contribution in [3.63, 3.8) is 0 Å². The third kappa shape index (κ3) is 4.95. The van der Waals surface area contributed by atoms with E-state index in [0.717, 1.165) is 11.6 Å². The maximum atomic E-state index is 11.8. The van der Waals surface area contributed by atoms with Crippen molar-refractivity contribution >= 4 is 17.5 Å². The number of aliphatic carboxylic acids is 1. The molecule has 4 nitrogen and oxygen atoms in total. The van der Waals surface area contributed by atoms with Crippen LogP contribution in [-0.4, -0.2) is 22.6 Å². The van der Waals surface area contributed by atoms with Crippen molar-refractivity contribution in [2.75, 3.05) is 0 Å². The molecule has 102 valence electrons. The van der Waals surface area contributed by atoms with Gasteiger partial charge < -0.3 is 9.84 Å². The van der Waals surface area contributed by atoms with Crippen molar-refractivity contribution in [2.24, 2.45) is 0 Å². The Bertz CT molecular complexity index is 504. The van der Waals surface area contributed by atoms with E-state index in [0.29, 0.717) is 11.1 Å². The molecule has 0 aliphatic carbocycles. The molecule has 1 N–H and O–H groups in total. The molecule has 0 heterocycles. The Morgan fingerprint density at radius 2 is 1.58 bits per heavy atom. The number of carboxylic acids is 1. The van der Waals surface area contributed by atoms with E-state index in [1.54, 1.807) is 52.0 Å². The first-order valence-corrected chi connectivity index (χ1v) is 5.94. The van der Waals surface area contributed by atoms with E-state index < -0.39 is 11.6 Å². The van der Waals surface area contributed by atoms with Crippen molar-refractivity contribution in [2.45, 2.75) is 33.3 Å². The molecule has 0 radical (unpaired) electrons. The Labute approximate surface area is 112 Å². The van der Waals surface area contributed by atoms with Gasteiger partial charge in [-0.3, -0.25) is 0 Å². The molecular formula is C15H18O4. The average molecular weight is 262 g/mol. The van der Waals surface area contributed by atoms with Gasteiger partial charge in [-0.1, -0.05) is 12.1 Å². The van der Waals surface area contributed by atoms with Gasteiger partial charge in [-0.2, -0.15) is 0 Å². The SMILES string of the molecule is CC(=CC(=O)O)c1ccc(C(=O)OC(C)(C)C)cc1. The number of esters is 1. The van der Waals surface area contributed by atoms with Gasteiger partial charge in [0.25, 0.3) is 0 Å². The predicted octanol–water partition coefficient (Wildman–Crippen LogP) is 3.13. The van der Waals surface area contributed by atoms with Crippen LogP contribution in [0.25, 0.3) is 5.57 Å². The molecule has 1 aromatic carbocycles. The van der Waals surface area contributed by atoms with E-state index in [2.05, 4.69) is 0 Å². The summed E-state index contributed by atoms with van der Waals surface area (Å²) in [5, 5.41) is 8.67. The maximum Gasteiger partial charge on any atom is 0.338 e. The highest BCUT2D eigenvalue weighted by Crippen LogP contribution is 2.17. The summed E-state index contributed by atoms with van der Waals surface area (Å²) < 4.78 is 5.24. The van der Waals surface area contributed by atoms with E-state index >= 15 is 0 Å². The van der Waals surface area contributed by atoms with Crippen LogP contribution in [0.15, 0.2) is 30.3 Å². The lowest BCUT2D eigenvalue weighted by atomic mass is 10.0. The fraction of sp³-hybridized carbons (Fsp3) is 0.333. The Hall–Kier alpha value is -2.10. The van der Waals surface area contributed by atoms with Crippen LogP contribution in [0, 0.1) is 0 Å². The molecule has 0 aliphatic rings. The zero-order chi connectivity index (χ0) is 14.6. The summed E-state index contributed by atoms with van der Waals surface area (Å²) in [7, 11) is 0. The molecule has 0 spiro atoms. The minimum Gasteiger partial charge on any atom is -0.478 e. The van der Waals surface area contributed by atoms with Crippen LogP contribution < -0.4 is 0 Å². The molecule has 0 aliphatic heterocycles. The quantitative estimate of drug-likeness (QED) is 0.671. The van der Waals surface area contributed by atoms with Crippen LogP contribution in [-0.2, 0) is 9.53 Å². The number of rotatable bonds is 3. The van der Waals surface area contributed by atoms with E-state index in [9.17, 15) is 9.59 Å². The van der Waals surface area contributed by atoms with Crippen molar-refractivity contribution < 1.29 is 19.4 Å². The van der Waals surface area contributed by atoms with Gasteiger partial charge in [0, 0.05) is 6.08 Å². The first-order chi connectivity index (χ1) is 8.69. The summed E-state index contributed by atoms with van der Waals surface area (Å²) in [6, 6.07) is 6.66. The van der Waals surface area contributed by atoms with Crippen molar-refractivity contribution in [3.05, 3.63) is 41.5 Å². The third-order valence-corrected chi connectivity index (χ3v) is 2.31. The molecule has 0 amide bonds. The van der Waals surface area contributed by atoms with Gasteiger partial charge in [0.15, 0.2) is 0 Å². The average Bonchev–Trinajstić information content (AvgIpc) is 2.26. The van der Waals surface area contributed by atoms with Crippen LogP contribution >= 0.6 is 0 Å². The summed E-state index contributed by atoms with van der Waals surface area (Å²) in [4.78, 5) is 22.4. The second-order valence-electron chi connectivity index (χ2n) is 5.24.